The monoisotopic (exact) mass is 312 g/mol. The van der Waals surface area contributed by atoms with Crippen LogP contribution in [0.25, 0.3) is 0 Å². The molecule has 0 amide bonds. The molecule has 0 saturated carbocycles. The zero-order chi connectivity index (χ0) is 16.4. The van der Waals surface area contributed by atoms with Gasteiger partial charge in [0.2, 0.25) is 0 Å². The Balaban J connectivity index is 3.02. The highest BCUT2D eigenvalue weighted by Gasteiger charge is 2.63. The smallest absolute Gasteiger partial charge is 0.373 e. The predicted octanol–water partition coefficient (Wildman–Crippen LogP) is 4.16. The molecule has 1 aromatic rings. The highest BCUT2D eigenvalue weighted by molar-refractivity contribution is 5.88. The van der Waals surface area contributed by atoms with Crippen molar-refractivity contribution in [3.8, 4) is 5.75 Å². The van der Waals surface area contributed by atoms with Crippen molar-refractivity contribution >= 4 is 5.97 Å². The summed E-state index contributed by atoms with van der Waals surface area (Å²) in [7, 11) is 0. The van der Waals surface area contributed by atoms with Crippen LogP contribution < -0.4 is 4.74 Å². The van der Waals surface area contributed by atoms with Crippen LogP contribution in [0.1, 0.15) is 12.5 Å². The molecule has 0 bridgehead atoms. The molecule has 0 atom stereocenters. The summed E-state index contributed by atoms with van der Waals surface area (Å²) in [5.41, 5.74) is -1.28. The number of carbonyl (C=O) groups excluding carboxylic acids is 1. The molecule has 0 unspecified atom stereocenters. The van der Waals surface area contributed by atoms with E-state index in [2.05, 4.69) is 11.3 Å². The molecule has 0 fully saturated rings. The average molecular weight is 312 g/mol. The molecule has 21 heavy (non-hydrogen) atoms. The molecule has 116 valence electrons. The Kier molecular flexibility index (Phi) is 4.70. The van der Waals surface area contributed by atoms with E-state index in [0.29, 0.717) is 12.1 Å². The maximum atomic E-state index is 13.4. The van der Waals surface area contributed by atoms with Crippen LogP contribution in [0.5, 0.6) is 5.75 Å². The lowest BCUT2D eigenvalue weighted by Crippen LogP contribution is -2.44. The highest BCUT2D eigenvalue weighted by atomic mass is 19.3. The summed E-state index contributed by atoms with van der Waals surface area (Å²) in [4.78, 5) is 11.2. The van der Waals surface area contributed by atoms with Crippen molar-refractivity contribution < 1.29 is 35.9 Å². The van der Waals surface area contributed by atoms with E-state index in [-0.39, 0.29) is 11.3 Å². The van der Waals surface area contributed by atoms with Crippen molar-refractivity contribution in [3.63, 3.8) is 0 Å². The second-order valence-electron chi connectivity index (χ2n) is 4.19. The molecular weight excluding hydrogens is 302 g/mol. The van der Waals surface area contributed by atoms with Crippen molar-refractivity contribution in [1.29, 1.82) is 0 Å². The second kappa shape index (κ2) is 5.79. The Morgan fingerprint density at radius 1 is 1.14 bits per heavy atom. The van der Waals surface area contributed by atoms with Gasteiger partial charge in [0.1, 0.15) is 5.75 Å². The lowest BCUT2D eigenvalue weighted by Gasteiger charge is -2.26. The number of ether oxygens (including phenoxy) is 1. The van der Waals surface area contributed by atoms with Crippen LogP contribution in [0.3, 0.4) is 0 Å². The fourth-order valence-corrected chi connectivity index (χ4v) is 1.26. The molecule has 0 aliphatic carbocycles. The first-order valence-electron chi connectivity index (χ1n) is 5.52. The van der Waals surface area contributed by atoms with Gasteiger partial charge in [0.05, 0.1) is 0 Å². The molecule has 1 aromatic carbocycles. The van der Waals surface area contributed by atoms with E-state index in [0.717, 1.165) is 12.1 Å². The number of hydrogen-bond donors (Lipinski definition) is 0. The van der Waals surface area contributed by atoms with Crippen LogP contribution in [0, 0.1) is 0 Å². The largest absolute Gasteiger partial charge is 0.423 e. The van der Waals surface area contributed by atoms with E-state index >= 15 is 0 Å². The third kappa shape index (κ3) is 3.37. The van der Waals surface area contributed by atoms with Gasteiger partial charge in [-0.25, -0.2) is 13.6 Å². The summed E-state index contributed by atoms with van der Waals surface area (Å²) in [6.45, 7) is 4.62. The van der Waals surface area contributed by atoms with Gasteiger partial charge in [0.25, 0.3) is 0 Å². The molecule has 0 radical (unpaired) electrons. The van der Waals surface area contributed by atoms with Gasteiger partial charge in [0, 0.05) is 11.1 Å². The molecule has 2 nitrogen and oxygen atoms in total. The fourth-order valence-electron chi connectivity index (χ4n) is 1.26. The van der Waals surface area contributed by atoms with Crippen molar-refractivity contribution in [1.82, 2.24) is 0 Å². The normalized spacial score (nSPS) is 12.4. The molecule has 1 rings (SSSR count). The topological polar surface area (TPSA) is 26.3 Å². The minimum Gasteiger partial charge on any atom is -0.423 e. The number of alkyl halides is 6. The van der Waals surface area contributed by atoms with Gasteiger partial charge in [-0.2, -0.15) is 17.6 Å². The zero-order valence-corrected chi connectivity index (χ0v) is 10.7. The Bertz CT molecular complexity index is 536. The Hall–Kier alpha value is -1.99. The first-order chi connectivity index (χ1) is 9.50. The summed E-state index contributed by atoms with van der Waals surface area (Å²) in [6.07, 6.45) is -4.52. The van der Waals surface area contributed by atoms with Crippen LogP contribution in [-0.4, -0.2) is 18.3 Å². The van der Waals surface area contributed by atoms with Gasteiger partial charge in [-0.1, -0.05) is 6.58 Å². The summed E-state index contributed by atoms with van der Waals surface area (Å²) in [5.74, 6) is -11.6. The van der Waals surface area contributed by atoms with Crippen molar-refractivity contribution in [2.45, 2.75) is 25.2 Å². The lowest BCUT2D eigenvalue weighted by molar-refractivity contribution is -0.270. The molecule has 0 aliphatic heterocycles. The van der Waals surface area contributed by atoms with Gasteiger partial charge < -0.3 is 4.74 Å². The zero-order valence-electron chi connectivity index (χ0n) is 10.7. The average Bonchev–Trinajstić information content (AvgIpc) is 2.38. The molecule has 0 saturated heterocycles. The van der Waals surface area contributed by atoms with E-state index in [1.807, 2.05) is 0 Å². The minimum absolute atomic E-state index is 0.0358. The van der Waals surface area contributed by atoms with E-state index in [1.54, 1.807) is 0 Å². The van der Waals surface area contributed by atoms with Crippen LogP contribution in [0.2, 0.25) is 0 Å². The van der Waals surface area contributed by atoms with E-state index in [4.69, 9.17) is 0 Å². The van der Waals surface area contributed by atoms with Crippen LogP contribution >= 0.6 is 0 Å². The van der Waals surface area contributed by atoms with Crippen LogP contribution in [-0.2, 0) is 10.7 Å². The van der Waals surface area contributed by atoms with Crippen molar-refractivity contribution in [2.75, 3.05) is 0 Å². The molecule has 0 aliphatic rings. The first-order valence-corrected chi connectivity index (χ1v) is 5.52. The Labute approximate surface area is 116 Å². The SMILES string of the molecule is C=C(C)C(=O)Oc1ccc(C(F)(F)C(F)(F)C(F)F)cc1. The van der Waals surface area contributed by atoms with Crippen molar-refractivity contribution in [2.24, 2.45) is 0 Å². The second-order valence-corrected chi connectivity index (χ2v) is 4.19. The highest BCUT2D eigenvalue weighted by Crippen LogP contribution is 2.46. The molecule has 8 heteroatoms. The predicted molar refractivity (Wildman–Crippen MR) is 61.7 cm³/mol. The van der Waals surface area contributed by atoms with Crippen LogP contribution in [0.4, 0.5) is 26.3 Å². The molecule has 0 heterocycles. The van der Waals surface area contributed by atoms with E-state index in [1.165, 1.54) is 6.92 Å². The Morgan fingerprint density at radius 2 is 1.62 bits per heavy atom. The summed E-state index contributed by atoms with van der Waals surface area (Å²) >= 11 is 0. The third-order valence-corrected chi connectivity index (χ3v) is 2.47. The van der Waals surface area contributed by atoms with Crippen molar-refractivity contribution in [3.05, 3.63) is 42.0 Å². The maximum Gasteiger partial charge on any atom is 0.373 e. The summed E-state index contributed by atoms with van der Waals surface area (Å²) in [5, 5.41) is 0. The summed E-state index contributed by atoms with van der Waals surface area (Å²) in [6, 6.07) is 2.56. The standard InChI is InChI=1S/C13H10F6O2/c1-7(2)10(20)21-9-5-3-8(4-6-9)12(16,17)13(18,19)11(14)15/h3-6,11H,1H2,2H3. The van der Waals surface area contributed by atoms with E-state index in [9.17, 15) is 31.1 Å². The Morgan fingerprint density at radius 3 is 2.00 bits per heavy atom. The number of rotatable bonds is 5. The van der Waals surface area contributed by atoms with Crippen LogP contribution in [0.15, 0.2) is 36.4 Å². The quantitative estimate of drug-likeness (QED) is 0.353. The molecule has 0 spiro atoms. The molecular formula is C13H10F6O2. The number of carbonyl (C=O) groups is 1. The number of esters is 1. The first kappa shape index (κ1) is 17.1. The maximum absolute atomic E-state index is 13.4. The van der Waals surface area contributed by atoms with Gasteiger partial charge >= 0.3 is 24.2 Å². The van der Waals surface area contributed by atoms with Gasteiger partial charge in [0.15, 0.2) is 0 Å². The van der Waals surface area contributed by atoms with Gasteiger partial charge in [-0.3, -0.25) is 0 Å². The molecule has 0 N–H and O–H groups in total. The van der Waals surface area contributed by atoms with Gasteiger partial charge in [-0.15, -0.1) is 0 Å². The third-order valence-electron chi connectivity index (χ3n) is 2.47. The lowest BCUT2D eigenvalue weighted by atomic mass is 10.0. The number of benzene rings is 1. The molecule has 0 aromatic heterocycles. The number of hydrogen-bond acceptors (Lipinski definition) is 2. The summed E-state index contributed by atoms with van der Waals surface area (Å²) < 4.78 is 81.1. The van der Waals surface area contributed by atoms with Gasteiger partial charge in [-0.05, 0) is 31.2 Å². The fraction of sp³-hybridized carbons (Fsp3) is 0.308. The minimum atomic E-state index is -5.51. The van der Waals surface area contributed by atoms with E-state index < -0.39 is 29.8 Å². The number of halogens is 6.